The molecular weight excluding hydrogens is 200 g/mol. The van der Waals surface area contributed by atoms with Gasteiger partial charge in [0.2, 0.25) is 5.91 Å². The predicted molar refractivity (Wildman–Crippen MR) is 68.7 cm³/mol. The van der Waals surface area contributed by atoms with Crippen molar-refractivity contribution in [1.29, 1.82) is 0 Å². The first-order valence-electron chi connectivity index (χ1n) is 5.78. The summed E-state index contributed by atoms with van der Waals surface area (Å²) in [5.74, 6) is 0.0760. The maximum atomic E-state index is 11.3. The van der Waals surface area contributed by atoms with Gasteiger partial charge in [-0.2, -0.15) is 0 Å². The van der Waals surface area contributed by atoms with Gasteiger partial charge in [0.25, 0.3) is 0 Å². The molecule has 0 aliphatic heterocycles. The molecule has 0 saturated carbocycles. The fraction of sp³-hybridized carbons (Fsp3) is 0.462. The molecule has 0 radical (unpaired) electrons. The molecule has 2 N–H and O–H groups in total. The summed E-state index contributed by atoms with van der Waals surface area (Å²) < 4.78 is 0. The summed E-state index contributed by atoms with van der Waals surface area (Å²) in [7, 11) is 0. The van der Waals surface area contributed by atoms with E-state index in [1.807, 2.05) is 31.2 Å². The Morgan fingerprint density at radius 1 is 1.19 bits per heavy atom. The van der Waals surface area contributed by atoms with E-state index in [9.17, 15) is 4.79 Å². The number of carbonyl (C=O) groups is 1. The van der Waals surface area contributed by atoms with Crippen LogP contribution in [0.4, 0.5) is 11.4 Å². The second-order valence-corrected chi connectivity index (χ2v) is 4.17. The largest absolute Gasteiger partial charge is 0.383 e. The quantitative estimate of drug-likeness (QED) is 0.799. The molecule has 0 heterocycles. The van der Waals surface area contributed by atoms with Gasteiger partial charge in [-0.3, -0.25) is 4.79 Å². The van der Waals surface area contributed by atoms with Crippen LogP contribution in [0.5, 0.6) is 0 Å². The molecule has 1 amide bonds. The Morgan fingerprint density at radius 2 is 1.75 bits per heavy atom. The van der Waals surface area contributed by atoms with E-state index in [0.29, 0.717) is 12.5 Å². The molecule has 1 aromatic rings. The Bertz CT molecular complexity index is 330. The van der Waals surface area contributed by atoms with Crippen molar-refractivity contribution in [3.63, 3.8) is 0 Å². The third-order valence-corrected chi connectivity index (χ3v) is 2.10. The Hall–Kier alpha value is -1.51. The van der Waals surface area contributed by atoms with Gasteiger partial charge in [0.15, 0.2) is 0 Å². The molecule has 88 valence electrons. The Kier molecular flexibility index (Phi) is 4.83. The Labute approximate surface area is 97.2 Å². The number of carbonyl (C=O) groups excluding carboxylic acids is 1. The van der Waals surface area contributed by atoms with Crippen LogP contribution in [0.3, 0.4) is 0 Å². The highest BCUT2D eigenvalue weighted by molar-refractivity contribution is 5.90. The van der Waals surface area contributed by atoms with E-state index >= 15 is 0 Å². The van der Waals surface area contributed by atoms with E-state index in [1.54, 1.807) is 0 Å². The zero-order chi connectivity index (χ0) is 12.0. The first-order chi connectivity index (χ1) is 7.61. The molecule has 0 unspecified atom stereocenters. The zero-order valence-corrected chi connectivity index (χ0v) is 10.2. The minimum Gasteiger partial charge on any atom is -0.383 e. The molecule has 3 nitrogen and oxygen atoms in total. The van der Waals surface area contributed by atoms with Crippen LogP contribution < -0.4 is 10.6 Å². The van der Waals surface area contributed by atoms with Gasteiger partial charge in [0, 0.05) is 23.8 Å². The normalized spacial score (nSPS) is 10.2. The molecule has 16 heavy (non-hydrogen) atoms. The van der Waals surface area contributed by atoms with Gasteiger partial charge in [0.05, 0.1) is 0 Å². The topological polar surface area (TPSA) is 41.1 Å². The lowest BCUT2D eigenvalue weighted by Crippen LogP contribution is -2.11. The maximum Gasteiger partial charge on any atom is 0.224 e. The van der Waals surface area contributed by atoms with E-state index in [4.69, 9.17) is 0 Å². The first kappa shape index (κ1) is 12.6. The SMILES string of the molecule is CCCC(=O)Nc1ccc(NC(C)C)cc1. The van der Waals surface area contributed by atoms with Crippen LogP contribution in [0.15, 0.2) is 24.3 Å². The second kappa shape index (κ2) is 6.16. The van der Waals surface area contributed by atoms with Crippen molar-refractivity contribution in [3.8, 4) is 0 Å². The predicted octanol–water partition coefficient (Wildman–Crippen LogP) is 3.25. The van der Waals surface area contributed by atoms with E-state index in [1.165, 1.54) is 0 Å². The molecule has 0 fully saturated rings. The van der Waals surface area contributed by atoms with E-state index < -0.39 is 0 Å². The monoisotopic (exact) mass is 220 g/mol. The number of hydrogen-bond acceptors (Lipinski definition) is 2. The number of hydrogen-bond donors (Lipinski definition) is 2. The fourth-order valence-corrected chi connectivity index (χ4v) is 1.43. The lowest BCUT2D eigenvalue weighted by molar-refractivity contribution is -0.116. The standard InChI is InChI=1S/C13H20N2O/c1-4-5-13(16)15-12-8-6-11(7-9-12)14-10(2)3/h6-10,14H,4-5H2,1-3H3,(H,15,16). The van der Waals surface area contributed by atoms with Gasteiger partial charge >= 0.3 is 0 Å². The fourth-order valence-electron chi connectivity index (χ4n) is 1.43. The van der Waals surface area contributed by atoms with Crippen molar-refractivity contribution in [3.05, 3.63) is 24.3 Å². The van der Waals surface area contributed by atoms with Gasteiger partial charge < -0.3 is 10.6 Å². The summed E-state index contributed by atoms with van der Waals surface area (Å²) in [6, 6.07) is 8.19. The first-order valence-corrected chi connectivity index (χ1v) is 5.78. The van der Waals surface area contributed by atoms with Crippen LogP contribution in [0, 0.1) is 0 Å². The summed E-state index contributed by atoms with van der Waals surface area (Å²) in [6.45, 7) is 6.18. The number of amides is 1. The van der Waals surface area contributed by atoms with Crippen molar-refractivity contribution < 1.29 is 4.79 Å². The summed E-state index contributed by atoms with van der Waals surface area (Å²) in [6.07, 6.45) is 1.45. The molecule has 3 heteroatoms. The highest BCUT2D eigenvalue weighted by Gasteiger charge is 2.00. The smallest absolute Gasteiger partial charge is 0.224 e. The van der Waals surface area contributed by atoms with E-state index in [0.717, 1.165) is 17.8 Å². The third-order valence-electron chi connectivity index (χ3n) is 2.10. The molecular formula is C13H20N2O. The summed E-state index contributed by atoms with van der Waals surface area (Å²) in [5, 5.41) is 6.15. The minimum atomic E-state index is 0.0760. The van der Waals surface area contributed by atoms with Gasteiger partial charge in [0.1, 0.15) is 0 Å². The maximum absolute atomic E-state index is 11.3. The van der Waals surface area contributed by atoms with Crippen molar-refractivity contribution in [2.45, 2.75) is 39.7 Å². The molecule has 0 atom stereocenters. The van der Waals surface area contributed by atoms with Crippen LogP contribution >= 0.6 is 0 Å². The second-order valence-electron chi connectivity index (χ2n) is 4.17. The summed E-state index contributed by atoms with van der Waals surface area (Å²) in [5.41, 5.74) is 1.93. The van der Waals surface area contributed by atoms with E-state index in [2.05, 4.69) is 24.5 Å². The van der Waals surface area contributed by atoms with Gasteiger partial charge in [-0.1, -0.05) is 6.92 Å². The average Bonchev–Trinajstić information content (AvgIpc) is 2.20. The molecule has 0 saturated heterocycles. The summed E-state index contributed by atoms with van der Waals surface area (Å²) >= 11 is 0. The van der Waals surface area contributed by atoms with Crippen LogP contribution in [-0.2, 0) is 4.79 Å². The van der Waals surface area contributed by atoms with Crippen molar-refractivity contribution in [2.24, 2.45) is 0 Å². The Balaban J connectivity index is 2.54. The van der Waals surface area contributed by atoms with Crippen molar-refractivity contribution in [2.75, 3.05) is 10.6 Å². The summed E-state index contributed by atoms with van der Waals surface area (Å²) in [4.78, 5) is 11.3. The van der Waals surface area contributed by atoms with Gasteiger partial charge in [-0.05, 0) is 44.5 Å². The third kappa shape index (κ3) is 4.34. The number of nitrogens with one attached hydrogen (secondary N) is 2. The van der Waals surface area contributed by atoms with Crippen LogP contribution in [-0.4, -0.2) is 11.9 Å². The molecule has 0 aliphatic carbocycles. The van der Waals surface area contributed by atoms with Crippen LogP contribution in [0.2, 0.25) is 0 Å². The number of benzene rings is 1. The van der Waals surface area contributed by atoms with Crippen LogP contribution in [0.25, 0.3) is 0 Å². The molecule has 0 aliphatic rings. The van der Waals surface area contributed by atoms with E-state index in [-0.39, 0.29) is 5.91 Å². The Morgan fingerprint density at radius 3 is 2.25 bits per heavy atom. The lowest BCUT2D eigenvalue weighted by Gasteiger charge is -2.10. The molecule has 1 rings (SSSR count). The number of rotatable bonds is 5. The minimum absolute atomic E-state index is 0.0760. The highest BCUT2D eigenvalue weighted by Crippen LogP contribution is 2.14. The van der Waals surface area contributed by atoms with Crippen molar-refractivity contribution in [1.82, 2.24) is 0 Å². The zero-order valence-electron chi connectivity index (χ0n) is 10.2. The van der Waals surface area contributed by atoms with Gasteiger partial charge in [-0.25, -0.2) is 0 Å². The average molecular weight is 220 g/mol. The van der Waals surface area contributed by atoms with Gasteiger partial charge in [-0.15, -0.1) is 0 Å². The molecule has 1 aromatic carbocycles. The highest BCUT2D eigenvalue weighted by atomic mass is 16.1. The molecule has 0 spiro atoms. The van der Waals surface area contributed by atoms with Crippen LogP contribution in [0.1, 0.15) is 33.6 Å². The number of anilines is 2. The lowest BCUT2D eigenvalue weighted by atomic mass is 10.2. The molecule has 0 bridgehead atoms. The van der Waals surface area contributed by atoms with Crippen molar-refractivity contribution >= 4 is 17.3 Å². The molecule has 0 aromatic heterocycles.